The highest BCUT2D eigenvalue weighted by atomic mass is 16.5. The average Bonchev–Trinajstić information content (AvgIpc) is 2.67. The molecule has 2 N–H and O–H groups in total. The molecule has 78 valence electrons. The maximum absolute atomic E-state index is 5.48. The molecule has 1 aromatic heterocycles. The predicted octanol–water partition coefficient (Wildman–Crippen LogP) is 1.07. The van der Waals surface area contributed by atoms with Crippen molar-refractivity contribution >= 4 is 0 Å². The molecule has 0 aliphatic carbocycles. The van der Waals surface area contributed by atoms with E-state index in [1.165, 1.54) is 0 Å². The van der Waals surface area contributed by atoms with Crippen LogP contribution < -0.4 is 5.32 Å². The van der Waals surface area contributed by atoms with Crippen molar-refractivity contribution in [2.45, 2.75) is 38.5 Å². The summed E-state index contributed by atoms with van der Waals surface area (Å²) in [6.45, 7) is 3.88. The Kier molecular flexibility index (Phi) is 3.16. The van der Waals surface area contributed by atoms with Gasteiger partial charge in [0.25, 0.3) is 0 Å². The van der Waals surface area contributed by atoms with E-state index in [0.29, 0.717) is 12.1 Å². The minimum absolute atomic E-state index is 0.392. The quantitative estimate of drug-likeness (QED) is 0.758. The van der Waals surface area contributed by atoms with Crippen LogP contribution in [0.5, 0.6) is 0 Å². The predicted molar refractivity (Wildman–Crippen MR) is 53.9 cm³/mol. The molecule has 1 aliphatic heterocycles. The van der Waals surface area contributed by atoms with Crippen molar-refractivity contribution in [1.82, 2.24) is 15.5 Å². The zero-order chi connectivity index (χ0) is 9.80. The fourth-order valence-corrected chi connectivity index (χ4v) is 1.82. The molecule has 2 rings (SSSR count). The Hall–Kier alpha value is -0.870. The van der Waals surface area contributed by atoms with Gasteiger partial charge in [0.1, 0.15) is 0 Å². The van der Waals surface area contributed by atoms with E-state index in [-0.39, 0.29) is 0 Å². The molecule has 4 nitrogen and oxygen atoms in total. The molecule has 0 amide bonds. The maximum atomic E-state index is 5.48. The first-order chi connectivity index (χ1) is 6.84. The molecule has 1 saturated heterocycles. The molecule has 14 heavy (non-hydrogen) atoms. The number of H-pyrrole nitrogens is 1. The Morgan fingerprint density at radius 1 is 1.71 bits per heavy atom. The minimum Gasteiger partial charge on any atom is -0.378 e. The van der Waals surface area contributed by atoms with E-state index in [9.17, 15) is 0 Å². The van der Waals surface area contributed by atoms with Gasteiger partial charge in [-0.1, -0.05) is 0 Å². The number of nitrogens with zero attached hydrogens (tertiary/aromatic N) is 1. The highest BCUT2D eigenvalue weighted by Crippen LogP contribution is 2.13. The van der Waals surface area contributed by atoms with Crippen molar-refractivity contribution in [2.75, 3.05) is 6.61 Å². The molecule has 0 radical (unpaired) electrons. The summed E-state index contributed by atoms with van der Waals surface area (Å²) in [6.07, 6.45) is 4.39. The lowest BCUT2D eigenvalue weighted by atomic mass is 10.0. The molecule has 1 aliphatic rings. The molecule has 2 heterocycles. The number of aromatic amines is 1. The van der Waals surface area contributed by atoms with Gasteiger partial charge in [0.15, 0.2) is 0 Å². The molecule has 2 unspecified atom stereocenters. The van der Waals surface area contributed by atoms with E-state index in [1.807, 2.05) is 6.07 Å². The van der Waals surface area contributed by atoms with Gasteiger partial charge in [-0.25, -0.2) is 0 Å². The van der Waals surface area contributed by atoms with E-state index < -0.39 is 0 Å². The summed E-state index contributed by atoms with van der Waals surface area (Å²) in [5.74, 6) is 0. The van der Waals surface area contributed by atoms with Crippen LogP contribution >= 0.6 is 0 Å². The molecule has 4 heteroatoms. The fraction of sp³-hybridized carbons (Fsp3) is 0.700. The number of hydrogen-bond acceptors (Lipinski definition) is 3. The molecule has 0 saturated carbocycles. The Bertz CT molecular complexity index is 260. The SMILES string of the molecule is CC1CC(NCc2ccn[nH]2)CCO1. The zero-order valence-corrected chi connectivity index (χ0v) is 8.49. The van der Waals surface area contributed by atoms with Crippen molar-refractivity contribution < 1.29 is 4.74 Å². The molecule has 0 spiro atoms. The van der Waals surface area contributed by atoms with Gasteiger partial charge < -0.3 is 10.1 Å². The number of aromatic nitrogens is 2. The van der Waals surface area contributed by atoms with Crippen LogP contribution in [0.4, 0.5) is 0 Å². The van der Waals surface area contributed by atoms with Crippen molar-refractivity contribution in [3.8, 4) is 0 Å². The largest absolute Gasteiger partial charge is 0.378 e. The average molecular weight is 195 g/mol. The first-order valence-corrected chi connectivity index (χ1v) is 5.18. The second-order valence-corrected chi connectivity index (χ2v) is 3.87. The van der Waals surface area contributed by atoms with E-state index in [4.69, 9.17) is 4.74 Å². The lowest BCUT2D eigenvalue weighted by Crippen LogP contribution is -2.37. The van der Waals surface area contributed by atoms with Gasteiger partial charge in [-0.15, -0.1) is 0 Å². The van der Waals surface area contributed by atoms with Crippen LogP contribution in [0.2, 0.25) is 0 Å². The van der Waals surface area contributed by atoms with Crippen molar-refractivity contribution in [2.24, 2.45) is 0 Å². The van der Waals surface area contributed by atoms with E-state index >= 15 is 0 Å². The molecule has 1 aromatic rings. The number of rotatable bonds is 3. The molecule has 1 fully saturated rings. The van der Waals surface area contributed by atoms with Gasteiger partial charge in [-0.05, 0) is 25.8 Å². The number of ether oxygens (including phenoxy) is 1. The molecule has 2 atom stereocenters. The van der Waals surface area contributed by atoms with Crippen LogP contribution in [-0.2, 0) is 11.3 Å². The minimum atomic E-state index is 0.392. The van der Waals surface area contributed by atoms with Crippen molar-refractivity contribution in [3.05, 3.63) is 18.0 Å². The third kappa shape index (κ3) is 2.56. The Balaban J connectivity index is 1.75. The second kappa shape index (κ2) is 4.57. The standard InChI is InChI=1S/C10H17N3O/c1-8-6-9(3-5-14-8)11-7-10-2-4-12-13-10/h2,4,8-9,11H,3,5-7H2,1H3,(H,12,13). The molecular weight excluding hydrogens is 178 g/mol. The Labute approximate surface area is 84.0 Å². The Morgan fingerprint density at radius 2 is 2.64 bits per heavy atom. The van der Waals surface area contributed by atoms with Gasteiger partial charge in [0.05, 0.1) is 6.10 Å². The van der Waals surface area contributed by atoms with Crippen LogP contribution in [0.1, 0.15) is 25.5 Å². The van der Waals surface area contributed by atoms with Crippen LogP contribution in [0.3, 0.4) is 0 Å². The topological polar surface area (TPSA) is 49.9 Å². The lowest BCUT2D eigenvalue weighted by molar-refractivity contribution is 0.0130. The smallest absolute Gasteiger partial charge is 0.0561 e. The second-order valence-electron chi connectivity index (χ2n) is 3.87. The van der Waals surface area contributed by atoms with Crippen LogP contribution in [0.15, 0.2) is 12.3 Å². The summed E-state index contributed by atoms with van der Waals surface area (Å²) in [5.41, 5.74) is 1.14. The molecule has 0 bridgehead atoms. The number of hydrogen-bond donors (Lipinski definition) is 2. The van der Waals surface area contributed by atoms with Gasteiger partial charge in [-0.2, -0.15) is 5.10 Å². The highest BCUT2D eigenvalue weighted by molar-refractivity contribution is 4.97. The summed E-state index contributed by atoms with van der Waals surface area (Å²) < 4.78 is 5.48. The van der Waals surface area contributed by atoms with Crippen molar-refractivity contribution in [3.63, 3.8) is 0 Å². The summed E-state index contributed by atoms with van der Waals surface area (Å²) in [6, 6.07) is 2.58. The van der Waals surface area contributed by atoms with Gasteiger partial charge in [0.2, 0.25) is 0 Å². The molecule has 0 aromatic carbocycles. The highest BCUT2D eigenvalue weighted by Gasteiger charge is 2.18. The molecular formula is C10H17N3O. The lowest BCUT2D eigenvalue weighted by Gasteiger charge is -2.27. The van der Waals surface area contributed by atoms with Crippen LogP contribution in [-0.4, -0.2) is 29.0 Å². The fourth-order valence-electron chi connectivity index (χ4n) is 1.82. The first-order valence-electron chi connectivity index (χ1n) is 5.18. The third-order valence-corrected chi connectivity index (χ3v) is 2.62. The van der Waals surface area contributed by atoms with Crippen LogP contribution in [0, 0.1) is 0 Å². The van der Waals surface area contributed by atoms with Crippen molar-refractivity contribution in [1.29, 1.82) is 0 Å². The summed E-state index contributed by atoms with van der Waals surface area (Å²) in [4.78, 5) is 0. The van der Waals surface area contributed by atoms with Gasteiger partial charge in [0, 0.05) is 31.1 Å². The number of nitrogens with one attached hydrogen (secondary N) is 2. The third-order valence-electron chi connectivity index (χ3n) is 2.62. The van der Waals surface area contributed by atoms with E-state index in [0.717, 1.165) is 31.7 Å². The first kappa shape index (κ1) is 9.68. The summed E-state index contributed by atoms with van der Waals surface area (Å²) in [5, 5.41) is 10.4. The summed E-state index contributed by atoms with van der Waals surface area (Å²) in [7, 11) is 0. The summed E-state index contributed by atoms with van der Waals surface area (Å²) >= 11 is 0. The maximum Gasteiger partial charge on any atom is 0.0561 e. The van der Waals surface area contributed by atoms with Gasteiger partial charge in [-0.3, -0.25) is 5.10 Å². The van der Waals surface area contributed by atoms with Gasteiger partial charge >= 0.3 is 0 Å². The van der Waals surface area contributed by atoms with E-state index in [2.05, 4.69) is 22.4 Å². The monoisotopic (exact) mass is 195 g/mol. The van der Waals surface area contributed by atoms with Crippen LogP contribution in [0.25, 0.3) is 0 Å². The van der Waals surface area contributed by atoms with E-state index in [1.54, 1.807) is 6.20 Å². The Morgan fingerprint density at radius 3 is 3.36 bits per heavy atom. The normalized spacial score (nSPS) is 27.8. The zero-order valence-electron chi connectivity index (χ0n) is 8.49.